The van der Waals surface area contributed by atoms with Gasteiger partial charge in [-0.25, -0.2) is 0 Å². The van der Waals surface area contributed by atoms with Gasteiger partial charge in [0.05, 0.1) is 0 Å². The van der Waals surface area contributed by atoms with Crippen LogP contribution in [0.5, 0.6) is 0 Å². The van der Waals surface area contributed by atoms with Gasteiger partial charge in [-0.05, 0) is 38.3 Å². The van der Waals surface area contributed by atoms with Crippen molar-refractivity contribution in [3.05, 3.63) is 6.92 Å². The largest absolute Gasteiger partial charge is 0.107 e. The second kappa shape index (κ2) is 8.53. The maximum Gasteiger partial charge on any atom is -0.0326 e. The Balaban J connectivity index is 3.25. The van der Waals surface area contributed by atoms with Gasteiger partial charge in [0.1, 0.15) is 0 Å². The van der Waals surface area contributed by atoms with Crippen molar-refractivity contribution in [3.63, 3.8) is 0 Å². The Morgan fingerprint density at radius 3 is 1.73 bits per heavy atom. The smallest absolute Gasteiger partial charge is 0.0326 e. The first-order valence-electron chi connectivity index (χ1n) is 4.86. The van der Waals surface area contributed by atoms with Crippen LogP contribution in [-0.2, 0) is 0 Å². The van der Waals surface area contributed by atoms with Gasteiger partial charge in [-0.15, -0.1) is 7.92 Å². The first-order valence-corrected chi connectivity index (χ1v) is 6.76. The lowest BCUT2D eigenvalue weighted by Gasteiger charge is -2.13. The average Bonchev–Trinajstić information content (AvgIpc) is 2.05. The number of rotatable bonds is 7. The van der Waals surface area contributed by atoms with Crippen LogP contribution in [0.15, 0.2) is 0 Å². The normalized spacial score (nSPS) is 10.9. The van der Waals surface area contributed by atoms with Crippen molar-refractivity contribution in [1.29, 1.82) is 0 Å². The molecule has 0 saturated carbocycles. The Bertz CT molecular complexity index is 63.3. The molecule has 1 heteroatoms. The lowest BCUT2D eigenvalue weighted by molar-refractivity contribution is 0.868. The second-order valence-corrected chi connectivity index (χ2v) is 5.73. The van der Waals surface area contributed by atoms with Crippen LogP contribution in [0.3, 0.4) is 0 Å². The zero-order chi connectivity index (χ0) is 8.53. The quantitative estimate of drug-likeness (QED) is 0.512. The Kier molecular flexibility index (Phi) is 8.86. The van der Waals surface area contributed by atoms with E-state index < -0.39 is 0 Å². The van der Waals surface area contributed by atoms with E-state index in [1.54, 1.807) is 0 Å². The van der Waals surface area contributed by atoms with Crippen LogP contribution in [-0.4, -0.2) is 18.5 Å². The lowest BCUT2D eigenvalue weighted by atomic mass is 10.4. The molecular formula is C10H22P. The van der Waals surface area contributed by atoms with Gasteiger partial charge in [0, 0.05) is 0 Å². The van der Waals surface area contributed by atoms with E-state index in [1.165, 1.54) is 44.2 Å². The average molecular weight is 173 g/mol. The van der Waals surface area contributed by atoms with Gasteiger partial charge >= 0.3 is 0 Å². The molecular weight excluding hydrogens is 151 g/mol. The Morgan fingerprint density at radius 2 is 1.45 bits per heavy atom. The Morgan fingerprint density at radius 1 is 1.00 bits per heavy atom. The summed E-state index contributed by atoms with van der Waals surface area (Å²) >= 11 is 0. The zero-order valence-corrected chi connectivity index (χ0v) is 9.00. The predicted octanol–water partition coefficient (Wildman–Crippen LogP) is 3.90. The number of hydrogen-bond acceptors (Lipinski definition) is 0. The van der Waals surface area contributed by atoms with Crippen molar-refractivity contribution in [2.45, 2.75) is 39.5 Å². The summed E-state index contributed by atoms with van der Waals surface area (Å²) < 4.78 is 0. The Hall–Kier alpha value is 0.430. The molecule has 0 aliphatic heterocycles. The highest BCUT2D eigenvalue weighted by molar-refractivity contribution is 7.57. The third kappa shape index (κ3) is 6.81. The summed E-state index contributed by atoms with van der Waals surface area (Å²) in [6, 6.07) is 0. The first-order chi connectivity index (χ1) is 5.35. The van der Waals surface area contributed by atoms with E-state index >= 15 is 0 Å². The first kappa shape index (κ1) is 11.4. The van der Waals surface area contributed by atoms with Crippen LogP contribution in [0.1, 0.15) is 39.5 Å². The maximum atomic E-state index is 4.02. The van der Waals surface area contributed by atoms with Crippen molar-refractivity contribution in [3.8, 4) is 0 Å². The maximum absolute atomic E-state index is 4.02. The fourth-order valence-electron chi connectivity index (χ4n) is 1.10. The van der Waals surface area contributed by atoms with E-state index in [-0.39, 0.29) is 0 Å². The van der Waals surface area contributed by atoms with Crippen molar-refractivity contribution < 1.29 is 0 Å². The highest BCUT2D eigenvalue weighted by Crippen LogP contribution is 2.36. The highest BCUT2D eigenvalue weighted by atomic mass is 31.1. The minimum absolute atomic E-state index is 0.319. The van der Waals surface area contributed by atoms with E-state index in [9.17, 15) is 0 Å². The lowest BCUT2D eigenvalue weighted by Crippen LogP contribution is -1.92. The summed E-state index contributed by atoms with van der Waals surface area (Å²) in [7, 11) is 0.319. The van der Waals surface area contributed by atoms with Gasteiger partial charge < -0.3 is 0 Å². The summed E-state index contributed by atoms with van der Waals surface area (Å²) in [5.74, 6) is 0. The van der Waals surface area contributed by atoms with Gasteiger partial charge in [0.2, 0.25) is 0 Å². The number of hydrogen-bond donors (Lipinski definition) is 0. The van der Waals surface area contributed by atoms with Crippen LogP contribution in [0, 0.1) is 6.92 Å². The van der Waals surface area contributed by atoms with E-state index in [0.717, 1.165) is 0 Å². The van der Waals surface area contributed by atoms with Crippen LogP contribution < -0.4 is 0 Å². The molecule has 0 nitrogen and oxygen atoms in total. The fraction of sp³-hybridized carbons (Fsp3) is 0.900. The fourth-order valence-corrected chi connectivity index (χ4v) is 3.30. The minimum atomic E-state index is 0.319. The van der Waals surface area contributed by atoms with E-state index in [4.69, 9.17) is 0 Å². The molecule has 0 N–H and O–H groups in total. The second-order valence-electron chi connectivity index (χ2n) is 3.05. The summed E-state index contributed by atoms with van der Waals surface area (Å²) in [5.41, 5.74) is 0. The monoisotopic (exact) mass is 173 g/mol. The zero-order valence-electron chi connectivity index (χ0n) is 8.10. The van der Waals surface area contributed by atoms with E-state index in [0.29, 0.717) is 7.92 Å². The van der Waals surface area contributed by atoms with Crippen molar-refractivity contribution >= 4 is 7.92 Å². The molecule has 67 valence electrons. The molecule has 0 fully saturated rings. The molecule has 0 aromatic carbocycles. The summed E-state index contributed by atoms with van der Waals surface area (Å²) in [6.07, 6.45) is 9.69. The highest BCUT2D eigenvalue weighted by Gasteiger charge is 2.02. The molecule has 0 heterocycles. The van der Waals surface area contributed by atoms with Crippen molar-refractivity contribution in [2.75, 3.05) is 18.5 Å². The molecule has 1 radical (unpaired) electrons. The number of unbranched alkanes of at least 4 members (excludes halogenated alkanes) is 2. The molecule has 0 aromatic heterocycles. The van der Waals surface area contributed by atoms with Crippen LogP contribution in [0.4, 0.5) is 0 Å². The van der Waals surface area contributed by atoms with Crippen molar-refractivity contribution in [2.24, 2.45) is 0 Å². The standard InChI is InChI=1S/C10H22P/c1-4-7-9-11(6-3)10-8-5-2/h3-10H2,1-2H3. The molecule has 0 unspecified atom stereocenters. The molecule has 0 aliphatic rings. The Labute approximate surface area is 73.5 Å². The summed E-state index contributed by atoms with van der Waals surface area (Å²) in [6.45, 7) is 8.57. The molecule has 0 amide bonds. The molecule has 0 bridgehead atoms. The molecule has 11 heavy (non-hydrogen) atoms. The van der Waals surface area contributed by atoms with Crippen molar-refractivity contribution in [1.82, 2.24) is 0 Å². The van der Waals surface area contributed by atoms with Gasteiger partial charge in [0.15, 0.2) is 0 Å². The van der Waals surface area contributed by atoms with Gasteiger partial charge in [0.25, 0.3) is 0 Å². The molecule has 0 aliphatic carbocycles. The van der Waals surface area contributed by atoms with E-state index in [2.05, 4.69) is 20.8 Å². The van der Waals surface area contributed by atoms with Gasteiger partial charge in [-0.2, -0.15) is 0 Å². The molecule has 0 spiro atoms. The van der Waals surface area contributed by atoms with Crippen LogP contribution in [0.25, 0.3) is 0 Å². The van der Waals surface area contributed by atoms with E-state index in [1.807, 2.05) is 0 Å². The molecule has 0 aromatic rings. The molecule has 0 saturated heterocycles. The topological polar surface area (TPSA) is 0 Å². The third-order valence-corrected chi connectivity index (χ3v) is 4.50. The van der Waals surface area contributed by atoms with Gasteiger partial charge in [-0.3, -0.25) is 0 Å². The van der Waals surface area contributed by atoms with Crippen LogP contribution >= 0.6 is 7.92 Å². The molecule has 0 rings (SSSR count). The van der Waals surface area contributed by atoms with Crippen LogP contribution in [0.2, 0.25) is 0 Å². The summed E-state index contributed by atoms with van der Waals surface area (Å²) in [5, 5.41) is 0. The minimum Gasteiger partial charge on any atom is -0.107 e. The molecule has 0 atom stereocenters. The summed E-state index contributed by atoms with van der Waals surface area (Å²) in [4.78, 5) is 0. The SMILES string of the molecule is [CH2]CP(CCCC)CCCC. The predicted molar refractivity (Wildman–Crippen MR) is 56.7 cm³/mol. The van der Waals surface area contributed by atoms with Gasteiger partial charge in [-0.1, -0.05) is 26.7 Å². The third-order valence-electron chi connectivity index (χ3n) is 1.97.